The fourth-order valence-electron chi connectivity index (χ4n) is 7.49. The summed E-state index contributed by atoms with van der Waals surface area (Å²) in [6.07, 6.45) is 0. The molecular formula is C47H34F2N2. The summed E-state index contributed by atoms with van der Waals surface area (Å²) in [7, 11) is 0. The number of hydrogen-bond acceptors (Lipinski definition) is 2. The Morgan fingerprint density at radius 1 is 0.471 bits per heavy atom. The lowest BCUT2D eigenvalue weighted by molar-refractivity contribution is 0.627. The van der Waals surface area contributed by atoms with Crippen molar-refractivity contribution in [1.82, 2.24) is 0 Å². The third kappa shape index (κ3) is 5.06. The standard InChI is InChI=1S/C47H34F2N2/c1-47(2)44-30-38(51(34-13-7-4-8-14-34)36-23-19-32(49)20-24-36)26-28-42(44)45-40-16-10-9-15-39(40)43-29-37(25-27-41(43)46(45)47)50(33-11-5-3-6-12-33)35-21-17-31(48)18-22-35/h3-30H,1-2H3/i3D,4D,5D,6D,7D,8D,11D,12D,13D,14D. The van der Waals surface area contributed by atoms with Crippen molar-refractivity contribution in [3.8, 4) is 11.1 Å². The van der Waals surface area contributed by atoms with E-state index in [-0.39, 0.29) is 11.4 Å². The predicted molar refractivity (Wildman–Crippen MR) is 208 cm³/mol. The first-order chi connectivity index (χ1) is 29.0. The molecule has 0 amide bonds. The van der Waals surface area contributed by atoms with Gasteiger partial charge in [0.1, 0.15) is 11.6 Å². The molecule has 0 atom stereocenters. The van der Waals surface area contributed by atoms with Gasteiger partial charge in [0, 0.05) is 39.5 Å². The normalized spacial score (nSPS) is 15.6. The second-order valence-corrected chi connectivity index (χ2v) is 13.0. The molecule has 1 aliphatic carbocycles. The van der Waals surface area contributed by atoms with Crippen LogP contribution in [0.5, 0.6) is 0 Å². The highest BCUT2D eigenvalue weighted by molar-refractivity contribution is 6.19. The Morgan fingerprint density at radius 3 is 1.53 bits per heavy atom. The van der Waals surface area contributed by atoms with E-state index in [2.05, 4.69) is 13.8 Å². The van der Waals surface area contributed by atoms with E-state index in [0.717, 1.165) is 43.8 Å². The zero-order valence-corrected chi connectivity index (χ0v) is 27.5. The highest BCUT2D eigenvalue weighted by atomic mass is 19.1. The van der Waals surface area contributed by atoms with Gasteiger partial charge in [-0.15, -0.1) is 0 Å². The Balaban J connectivity index is 1.28. The quantitative estimate of drug-likeness (QED) is 0.162. The summed E-state index contributed by atoms with van der Waals surface area (Å²) in [5.41, 5.74) is 4.68. The summed E-state index contributed by atoms with van der Waals surface area (Å²) < 4.78 is 114. The van der Waals surface area contributed by atoms with Gasteiger partial charge < -0.3 is 9.80 Å². The van der Waals surface area contributed by atoms with E-state index >= 15 is 0 Å². The second kappa shape index (κ2) is 12.0. The molecule has 2 nitrogen and oxygen atoms in total. The molecular weight excluding hydrogens is 631 g/mol. The Kier molecular flexibility index (Phi) is 5.10. The number of benzene rings is 8. The molecule has 246 valence electrons. The average molecular weight is 675 g/mol. The van der Waals surface area contributed by atoms with Crippen molar-refractivity contribution in [2.75, 3.05) is 9.80 Å². The van der Waals surface area contributed by atoms with Gasteiger partial charge in [0.2, 0.25) is 0 Å². The van der Waals surface area contributed by atoms with E-state index in [4.69, 9.17) is 13.7 Å². The molecule has 4 heteroatoms. The van der Waals surface area contributed by atoms with Crippen LogP contribution in [0.15, 0.2) is 170 Å². The van der Waals surface area contributed by atoms with Crippen LogP contribution >= 0.6 is 0 Å². The molecule has 0 aromatic heterocycles. The second-order valence-electron chi connectivity index (χ2n) is 13.0. The van der Waals surface area contributed by atoms with Crippen LogP contribution in [0.4, 0.5) is 42.9 Å². The monoisotopic (exact) mass is 674 g/mol. The Hall–Kier alpha value is -6.26. The Bertz CT molecular complexity index is 3100. The molecule has 0 aliphatic heterocycles. The topological polar surface area (TPSA) is 6.48 Å². The minimum atomic E-state index is -0.692. The van der Waals surface area contributed by atoms with E-state index in [1.807, 2.05) is 60.7 Å². The molecule has 8 aromatic carbocycles. The van der Waals surface area contributed by atoms with E-state index in [9.17, 15) is 8.78 Å². The number of rotatable bonds is 6. The molecule has 0 N–H and O–H groups in total. The smallest absolute Gasteiger partial charge is 0.123 e. The van der Waals surface area contributed by atoms with Gasteiger partial charge in [0.05, 0.1) is 13.7 Å². The molecule has 1 aliphatic rings. The maximum atomic E-state index is 14.3. The number of fused-ring (bicyclic) bond motifs is 8. The van der Waals surface area contributed by atoms with Crippen molar-refractivity contribution < 1.29 is 22.5 Å². The van der Waals surface area contributed by atoms with Crippen LogP contribution in [-0.4, -0.2) is 0 Å². The molecule has 9 rings (SSSR count). The van der Waals surface area contributed by atoms with Crippen molar-refractivity contribution in [2.24, 2.45) is 0 Å². The van der Waals surface area contributed by atoms with Crippen molar-refractivity contribution in [1.29, 1.82) is 0 Å². The number of nitrogens with zero attached hydrogens (tertiary/aromatic N) is 2. The van der Waals surface area contributed by atoms with Crippen molar-refractivity contribution >= 4 is 55.7 Å². The van der Waals surface area contributed by atoms with Crippen LogP contribution in [0.2, 0.25) is 0 Å². The molecule has 0 fully saturated rings. The SMILES string of the molecule is [2H]c1c([2H])c([2H])c(N(c2ccc(F)cc2)c2ccc3c(c2)C(C)(C)c2c-3c3ccccc3c3cc(N(c4ccc(F)cc4)c4c([2H])c([2H])c([2H])c([2H])c4[2H])ccc23)c([2H])c1[2H]. The average Bonchev–Trinajstić information content (AvgIpc) is 3.50. The van der Waals surface area contributed by atoms with Crippen LogP contribution in [-0.2, 0) is 5.41 Å². The molecule has 0 radical (unpaired) electrons. The summed E-state index contributed by atoms with van der Waals surface area (Å²) in [4.78, 5) is 3.11. The largest absolute Gasteiger partial charge is 0.310 e. The lowest BCUT2D eigenvalue weighted by Crippen LogP contribution is -2.17. The van der Waals surface area contributed by atoms with Crippen LogP contribution in [0.1, 0.15) is 38.7 Å². The van der Waals surface area contributed by atoms with Crippen LogP contribution in [0, 0.1) is 11.6 Å². The van der Waals surface area contributed by atoms with E-state index in [1.165, 1.54) is 48.5 Å². The van der Waals surface area contributed by atoms with Crippen molar-refractivity contribution in [2.45, 2.75) is 19.3 Å². The number of anilines is 6. The van der Waals surface area contributed by atoms with Gasteiger partial charge in [-0.3, -0.25) is 0 Å². The number of hydrogen-bond donors (Lipinski definition) is 0. The summed E-state index contributed by atoms with van der Waals surface area (Å²) >= 11 is 0. The zero-order chi connectivity index (χ0) is 43.4. The summed E-state index contributed by atoms with van der Waals surface area (Å²) in [6, 6.07) is 25.6. The van der Waals surface area contributed by atoms with Gasteiger partial charge in [0.25, 0.3) is 0 Å². The first kappa shape index (κ1) is 21.7. The van der Waals surface area contributed by atoms with Gasteiger partial charge in [-0.05, 0) is 141 Å². The maximum absolute atomic E-state index is 14.3. The van der Waals surface area contributed by atoms with Crippen LogP contribution < -0.4 is 9.80 Å². The molecule has 8 aromatic rings. The highest BCUT2D eigenvalue weighted by Gasteiger charge is 2.39. The third-order valence-electron chi connectivity index (χ3n) is 9.69. The summed E-state index contributed by atoms with van der Waals surface area (Å²) in [5.74, 6) is -0.991. The molecule has 0 unspecified atom stereocenters. The van der Waals surface area contributed by atoms with Crippen LogP contribution in [0.25, 0.3) is 32.7 Å². The molecule has 0 spiro atoms. The van der Waals surface area contributed by atoms with E-state index < -0.39 is 77.5 Å². The third-order valence-corrected chi connectivity index (χ3v) is 9.69. The first-order valence-electron chi connectivity index (χ1n) is 21.4. The predicted octanol–water partition coefficient (Wildman–Crippen LogP) is 13.5. The fraction of sp³-hybridized carbons (Fsp3) is 0.0638. The van der Waals surface area contributed by atoms with Gasteiger partial charge in [-0.1, -0.05) is 86.5 Å². The van der Waals surface area contributed by atoms with Crippen molar-refractivity contribution in [3.05, 3.63) is 192 Å². The molecule has 51 heavy (non-hydrogen) atoms. The van der Waals surface area contributed by atoms with Gasteiger partial charge in [-0.2, -0.15) is 0 Å². The fourth-order valence-corrected chi connectivity index (χ4v) is 7.49. The molecule has 0 saturated carbocycles. The zero-order valence-electron chi connectivity index (χ0n) is 37.5. The van der Waals surface area contributed by atoms with E-state index in [0.29, 0.717) is 22.7 Å². The summed E-state index contributed by atoms with van der Waals surface area (Å²) in [6.45, 7) is 4.18. The van der Waals surface area contributed by atoms with E-state index in [1.54, 1.807) is 9.80 Å². The number of para-hydroxylation sites is 2. The minimum absolute atomic E-state index is 0.0841. The molecule has 0 bridgehead atoms. The highest BCUT2D eigenvalue weighted by Crippen LogP contribution is 2.56. The minimum Gasteiger partial charge on any atom is -0.310 e. The Labute approximate surface area is 310 Å². The molecule has 0 heterocycles. The van der Waals surface area contributed by atoms with Crippen molar-refractivity contribution in [3.63, 3.8) is 0 Å². The summed E-state index contributed by atoms with van der Waals surface area (Å²) in [5, 5.41) is 3.53. The van der Waals surface area contributed by atoms with Gasteiger partial charge >= 0.3 is 0 Å². The lowest BCUT2D eigenvalue weighted by atomic mass is 9.79. The number of halogens is 2. The van der Waals surface area contributed by atoms with Gasteiger partial charge in [0.15, 0.2) is 0 Å². The first-order valence-corrected chi connectivity index (χ1v) is 16.4. The van der Waals surface area contributed by atoms with Gasteiger partial charge in [-0.25, -0.2) is 8.78 Å². The Morgan fingerprint density at radius 2 is 0.961 bits per heavy atom. The maximum Gasteiger partial charge on any atom is 0.123 e. The van der Waals surface area contributed by atoms with Crippen LogP contribution in [0.3, 0.4) is 0 Å². The molecule has 0 saturated heterocycles. The lowest BCUT2D eigenvalue weighted by Gasteiger charge is -2.29.